The van der Waals surface area contributed by atoms with Crippen molar-refractivity contribution in [2.75, 3.05) is 5.75 Å². The van der Waals surface area contributed by atoms with E-state index in [4.69, 9.17) is 11.6 Å². The molecule has 2 rings (SSSR count). The normalized spacial score (nSPS) is 23.9. The van der Waals surface area contributed by atoms with Gasteiger partial charge in [-0.25, -0.2) is 0 Å². The summed E-state index contributed by atoms with van der Waals surface area (Å²) < 4.78 is 0. The van der Waals surface area contributed by atoms with Crippen LogP contribution in [0.25, 0.3) is 0 Å². The summed E-state index contributed by atoms with van der Waals surface area (Å²) in [7, 11) is 0. The Labute approximate surface area is 118 Å². The van der Waals surface area contributed by atoms with Crippen LogP contribution in [0, 0.1) is 11.8 Å². The van der Waals surface area contributed by atoms with E-state index in [1.54, 1.807) is 11.8 Å². The maximum absolute atomic E-state index is 12.1. The molecule has 1 aromatic rings. The summed E-state index contributed by atoms with van der Waals surface area (Å²) in [5, 5.41) is 0.743. The number of carbonyl (C=O) groups is 1. The highest BCUT2D eigenvalue weighted by Gasteiger charge is 2.24. The molecular formula is C15H19ClOS. The highest BCUT2D eigenvalue weighted by Crippen LogP contribution is 2.32. The molecule has 1 fully saturated rings. The lowest BCUT2D eigenvalue weighted by atomic mass is 9.81. The molecule has 1 aromatic carbocycles. The van der Waals surface area contributed by atoms with Gasteiger partial charge < -0.3 is 0 Å². The third kappa shape index (κ3) is 3.76. The molecule has 0 bridgehead atoms. The second kappa shape index (κ2) is 6.63. The van der Waals surface area contributed by atoms with Crippen molar-refractivity contribution in [1.82, 2.24) is 0 Å². The van der Waals surface area contributed by atoms with Crippen molar-refractivity contribution in [3.05, 3.63) is 29.3 Å². The van der Waals surface area contributed by atoms with E-state index in [1.165, 1.54) is 12.8 Å². The predicted octanol–water partition coefficient (Wildman–Crippen LogP) is 4.83. The number of rotatable bonds is 4. The molecule has 0 amide bonds. The molecule has 18 heavy (non-hydrogen) atoms. The van der Waals surface area contributed by atoms with E-state index in [2.05, 4.69) is 6.92 Å². The molecule has 1 aliphatic rings. The van der Waals surface area contributed by atoms with Gasteiger partial charge in [-0.1, -0.05) is 43.5 Å². The fourth-order valence-corrected chi connectivity index (χ4v) is 3.62. The summed E-state index contributed by atoms with van der Waals surface area (Å²) in [6, 6.07) is 7.72. The molecule has 0 aliphatic heterocycles. The summed E-state index contributed by atoms with van der Waals surface area (Å²) in [6.45, 7) is 2.28. The van der Waals surface area contributed by atoms with Gasteiger partial charge in [0.2, 0.25) is 0 Å². The van der Waals surface area contributed by atoms with Crippen molar-refractivity contribution in [2.24, 2.45) is 11.8 Å². The molecule has 1 saturated carbocycles. The van der Waals surface area contributed by atoms with E-state index in [0.717, 1.165) is 28.7 Å². The average Bonchev–Trinajstić information content (AvgIpc) is 2.38. The summed E-state index contributed by atoms with van der Waals surface area (Å²) >= 11 is 7.65. The Balaban J connectivity index is 1.83. The number of carbonyl (C=O) groups excluding carboxylic acids is 1. The molecule has 0 radical (unpaired) electrons. The summed E-state index contributed by atoms with van der Waals surface area (Å²) in [5.74, 6) is 2.04. The van der Waals surface area contributed by atoms with Crippen molar-refractivity contribution < 1.29 is 4.79 Å². The van der Waals surface area contributed by atoms with Gasteiger partial charge in [0.1, 0.15) is 5.78 Å². The van der Waals surface area contributed by atoms with Gasteiger partial charge in [-0.05, 0) is 30.9 Å². The van der Waals surface area contributed by atoms with E-state index in [0.29, 0.717) is 11.5 Å². The monoisotopic (exact) mass is 282 g/mol. The topological polar surface area (TPSA) is 17.1 Å². The van der Waals surface area contributed by atoms with Crippen LogP contribution in [0.4, 0.5) is 0 Å². The zero-order valence-electron chi connectivity index (χ0n) is 10.7. The first-order chi connectivity index (χ1) is 8.66. The minimum absolute atomic E-state index is 0.288. The maximum Gasteiger partial charge on any atom is 0.146 e. The maximum atomic E-state index is 12.1. The van der Waals surface area contributed by atoms with Crippen LogP contribution in [-0.4, -0.2) is 11.5 Å². The smallest absolute Gasteiger partial charge is 0.146 e. The van der Waals surface area contributed by atoms with Gasteiger partial charge in [0, 0.05) is 10.8 Å². The highest BCUT2D eigenvalue weighted by atomic mass is 35.5. The van der Waals surface area contributed by atoms with Crippen molar-refractivity contribution in [2.45, 2.75) is 37.5 Å². The second-order valence-corrected chi connectivity index (χ2v) is 6.57. The van der Waals surface area contributed by atoms with Crippen molar-refractivity contribution >= 4 is 29.1 Å². The summed E-state index contributed by atoms with van der Waals surface area (Å²) in [5.41, 5.74) is 0. The lowest BCUT2D eigenvalue weighted by Crippen LogP contribution is -2.22. The molecule has 0 saturated heterocycles. The van der Waals surface area contributed by atoms with Crippen LogP contribution < -0.4 is 0 Å². The van der Waals surface area contributed by atoms with E-state index >= 15 is 0 Å². The Morgan fingerprint density at radius 3 is 2.61 bits per heavy atom. The number of hydrogen-bond acceptors (Lipinski definition) is 2. The molecule has 0 N–H and O–H groups in total. The first-order valence-corrected chi connectivity index (χ1v) is 7.93. The first kappa shape index (κ1) is 14.0. The SMILES string of the molecule is CC1CCC(C(=O)CSc2ccccc2Cl)CC1. The van der Waals surface area contributed by atoms with Gasteiger partial charge in [0.25, 0.3) is 0 Å². The molecule has 0 unspecified atom stereocenters. The van der Waals surface area contributed by atoms with Crippen molar-refractivity contribution in [1.29, 1.82) is 0 Å². The van der Waals surface area contributed by atoms with Gasteiger partial charge in [-0.15, -0.1) is 11.8 Å². The molecule has 0 heterocycles. The number of ketones is 1. The van der Waals surface area contributed by atoms with Gasteiger partial charge in [0.15, 0.2) is 0 Å². The zero-order valence-corrected chi connectivity index (χ0v) is 12.3. The standard InChI is InChI=1S/C15H19ClOS/c1-11-6-8-12(9-7-11)14(17)10-18-15-5-3-2-4-13(15)16/h2-5,11-12H,6-10H2,1H3. The quantitative estimate of drug-likeness (QED) is 0.736. The van der Waals surface area contributed by atoms with Gasteiger partial charge in [-0.2, -0.15) is 0 Å². The van der Waals surface area contributed by atoms with E-state index in [1.807, 2.05) is 24.3 Å². The number of halogens is 1. The largest absolute Gasteiger partial charge is 0.298 e. The molecular weight excluding hydrogens is 264 g/mol. The Morgan fingerprint density at radius 1 is 1.28 bits per heavy atom. The lowest BCUT2D eigenvalue weighted by Gasteiger charge is -2.24. The van der Waals surface area contributed by atoms with Crippen molar-refractivity contribution in [3.8, 4) is 0 Å². The predicted molar refractivity (Wildman–Crippen MR) is 78.3 cm³/mol. The number of benzene rings is 1. The number of hydrogen-bond donors (Lipinski definition) is 0. The molecule has 0 atom stereocenters. The average molecular weight is 283 g/mol. The fourth-order valence-electron chi connectivity index (χ4n) is 2.41. The molecule has 0 spiro atoms. The number of thioether (sulfide) groups is 1. The van der Waals surface area contributed by atoms with Crippen LogP contribution in [0.15, 0.2) is 29.2 Å². The van der Waals surface area contributed by atoms with Crippen LogP contribution in [0.5, 0.6) is 0 Å². The summed E-state index contributed by atoms with van der Waals surface area (Å²) in [4.78, 5) is 13.1. The molecule has 0 aromatic heterocycles. The third-order valence-corrected chi connectivity index (χ3v) is 5.22. The first-order valence-electron chi connectivity index (χ1n) is 6.57. The molecule has 98 valence electrons. The summed E-state index contributed by atoms with van der Waals surface area (Å²) in [6.07, 6.45) is 4.55. The van der Waals surface area contributed by atoms with Crippen LogP contribution in [0.3, 0.4) is 0 Å². The second-order valence-electron chi connectivity index (χ2n) is 5.14. The van der Waals surface area contributed by atoms with Crippen LogP contribution in [0.1, 0.15) is 32.6 Å². The Morgan fingerprint density at radius 2 is 1.94 bits per heavy atom. The lowest BCUT2D eigenvalue weighted by molar-refractivity contribution is -0.121. The Bertz CT molecular complexity index is 411. The van der Waals surface area contributed by atoms with Gasteiger partial charge in [-0.3, -0.25) is 4.79 Å². The molecule has 1 nitrogen and oxygen atoms in total. The van der Waals surface area contributed by atoms with Crippen LogP contribution in [-0.2, 0) is 4.79 Å². The Hall–Kier alpha value is -0.470. The van der Waals surface area contributed by atoms with Crippen molar-refractivity contribution in [3.63, 3.8) is 0 Å². The molecule has 3 heteroatoms. The van der Waals surface area contributed by atoms with E-state index in [-0.39, 0.29) is 5.92 Å². The number of Topliss-reactive ketones (excluding diaryl/α,β-unsaturated/α-hetero) is 1. The minimum atomic E-state index is 0.288. The molecule has 1 aliphatic carbocycles. The van der Waals surface area contributed by atoms with Gasteiger partial charge in [0.05, 0.1) is 10.8 Å². The minimum Gasteiger partial charge on any atom is -0.298 e. The highest BCUT2D eigenvalue weighted by molar-refractivity contribution is 8.00. The zero-order chi connectivity index (χ0) is 13.0. The van der Waals surface area contributed by atoms with E-state index in [9.17, 15) is 4.79 Å². The Kier molecular flexibility index (Phi) is 5.13. The van der Waals surface area contributed by atoms with Crippen LogP contribution >= 0.6 is 23.4 Å². The van der Waals surface area contributed by atoms with Gasteiger partial charge >= 0.3 is 0 Å². The third-order valence-electron chi connectivity index (χ3n) is 3.68. The van der Waals surface area contributed by atoms with E-state index < -0.39 is 0 Å². The van der Waals surface area contributed by atoms with Crippen LogP contribution in [0.2, 0.25) is 5.02 Å². The fraction of sp³-hybridized carbons (Fsp3) is 0.533.